The summed E-state index contributed by atoms with van der Waals surface area (Å²) in [6.07, 6.45) is 2.51. The number of aryl methyl sites for hydroxylation is 1. The molecular weight excluding hydrogens is 431 g/mol. The lowest BCUT2D eigenvalue weighted by molar-refractivity contribution is -0.119. The Morgan fingerprint density at radius 1 is 1.04 bits per heavy atom. The van der Waals surface area contributed by atoms with Crippen LogP contribution >= 0.6 is 34.8 Å². The minimum Gasteiger partial charge on any atom is -0.355 e. The van der Waals surface area contributed by atoms with Gasteiger partial charge in [0.1, 0.15) is 6.54 Å². The van der Waals surface area contributed by atoms with Crippen molar-refractivity contribution in [3.63, 3.8) is 0 Å². The molecule has 0 spiro atoms. The molecule has 0 radical (unpaired) electrons. The third-order valence-electron chi connectivity index (χ3n) is 3.74. The highest BCUT2D eigenvalue weighted by atomic mass is 35.5. The first-order valence-corrected chi connectivity index (χ1v) is 11.1. The molecule has 0 fully saturated rings. The maximum atomic E-state index is 12.2. The number of nitrogens with one attached hydrogen (secondary N) is 1. The van der Waals surface area contributed by atoms with Crippen molar-refractivity contribution in [3.05, 3.63) is 63.1 Å². The lowest BCUT2D eigenvalue weighted by atomic mass is 10.1. The molecule has 0 aliphatic carbocycles. The SMILES string of the molecule is CS(=O)(=O)N(CC(=O)NCCCc1ccc(Cl)cc1)c1ccc(Cl)cc1Cl. The molecule has 0 aliphatic heterocycles. The van der Waals surface area contributed by atoms with Crippen molar-refractivity contribution in [2.24, 2.45) is 0 Å². The van der Waals surface area contributed by atoms with Crippen molar-refractivity contribution < 1.29 is 13.2 Å². The van der Waals surface area contributed by atoms with E-state index in [2.05, 4.69) is 5.32 Å². The summed E-state index contributed by atoms with van der Waals surface area (Å²) < 4.78 is 25.1. The zero-order valence-corrected chi connectivity index (χ0v) is 17.7. The van der Waals surface area contributed by atoms with Gasteiger partial charge in [0.2, 0.25) is 15.9 Å². The molecule has 0 aliphatic rings. The fraction of sp³-hybridized carbons (Fsp3) is 0.278. The van der Waals surface area contributed by atoms with Crippen LogP contribution in [-0.2, 0) is 21.2 Å². The predicted molar refractivity (Wildman–Crippen MR) is 111 cm³/mol. The number of hydrogen-bond acceptors (Lipinski definition) is 3. The Labute approximate surface area is 174 Å². The van der Waals surface area contributed by atoms with E-state index in [4.69, 9.17) is 34.8 Å². The minimum atomic E-state index is -3.69. The maximum absolute atomic E-state index is 12.2. The predicted octanol–water partition coefficient (Wildman–Crippen LogP) is 4.16. The van der Waals surface area contributed by atoms with E-state index in [9.17, 15) is 13.2 Å². The number of nitrogens with zero attached hydrogens (tertiary/aromatic N) is 1. The van der Waals surface area contributed by atoms with Crippen molar-refractivity contribution in [1.82, 2.24) is 5.32 Å². The molecule has 1 amide bonds. The van der Waals surface area contributed by atoms with Crippen LogP contribution in [0.4, 0.5) is 5.69 Å². The molecule has 2 aromatic rings. The zero-order chi connectivity index (χ0) is 20.0. The summed E-state index contributed by atoms with van der Waals surface area (Å²) in [7, 11) is -3.69. The Morgan fingerprint density at radius 3 is 2.26 bits per heavy atom. The third kappa shape index (κ3) is 6.88. The standard InChI is InChI=1S/C18H19Cl3N2O3S/c1-27(25,26)23(17-9-8-15(20)11-16(17)21)12-18(24)22-10-2-3-13-4-6-14(19)7-5-13/h4-9,11H,2-3,10,12H2,1H3,(H,22,24). The molecule has 0 bridgehead atoms. The van der Waals surface area contributed by atoms with Crippen LogP contribution in [0.5, 0.6) is 0 Å². The molecule has 0 aromatic heterocycles. The second kappa shape index (κ2) is 9.64. The number of carbonyl (C=O) groups excluding carboxylic acids is 1. The average molecular weight is 450 g/mol. The highest BCUT2D eigenvalue weighted by Crippen LogP contribution is 2.30. The summed E-state index contributed by atoms with van der Waals surface area (Å²) >= 11 is 17.8. The van der Waals surface area contributed by atoms with Gasteiger partial charge in [-0.2, -0.15) is 0 Å². The van der Waals surface area contributed by atoms with Crippen molar-refractivity contribution in [1.29, 1.82) is 0 Å². The number of carbonyl (C=O) groups is 1. The molecule has 2 rings (SSSR count). The van der Waals surface area contributed by atoms with Crippen LogP contribution in [0.3, 0.4) is 0 Å². The van der Waals surface area contributed by atoms with Crippen LogP contribution in [0.2, 0.25) is 15.1 Å². The molecule has 5 nitrogen and oxygen atoms in total. The summed E-state index contributed by atoms with van der Waals surface area (Å²) in [5, 5.41) is 3.94. The number of amides is 1. The van der Waals surface area contributed by atoms with Crippen LogP contribution in [0.25, 0.3) is 0 Å². The zero-order valence-electron chi connectivity index (χ0n) is 14.6. The van der Waals surface area contributed by atoms with Gasteiger partial charge < -0.3 is 5.32 Å². The number of anilines is 1. The van der Waals surface area contributed by atoms with E-state index in [-0.39, 0.29) is 17.3 Å². The normalized spacial score (nSPS) is 11.3. The topological polar surface area (TPSA) is 66.5 Å². The second-order valence-electron chi connectivity index (χ2n) is 5.95. The highest BCUT2D eigenvalue weighted by molar-refractivity contribution is 7.92. The van der Waals surface area contributed by atoms with Gasteiger partial charge in [0.25, 0.3) is 0 Å². The molecule has 0 unspecified atom stereocenters. The Bertz CT molecular complexity index is 903. The Balaban J connectivity index is 1.93. The molecule has 9 heteroatoms. The summed E-state index contributed by atoms with van der Waals surface area (Å²) in [4.78, 5) is 12.2. The lowest BCUT2D eigenvalue weighted by Gasteiger charge is -2.23. The summed E-state index contributed by atoms with van der Waals surface area (Å²) in [5.74, 6) is -0.414. The van der Waals surface area contributed by atoms with Crippen LogP contribution < -0.4 is 9.62 Å². The van der Waals surface area contributed by atoms with Crippen LogP contribution in [0.15, 0.2) is 42.5 Å². The first-order chi connectivity index (χ1) is 12.7. The van der Waals surface area contributed by atoms with Gasteiger partial charge in [-0.3, -0.25) is 9.10 Å². The summed E-state index contributed by atoms with van der Waals surface area (Å²) in [6, 6.07) is 11.9. The molecule has 2 aromatic carbocycles. The average Bonchev–Trinajstić information content (AvgIpc) is 2.58. The van der Waals surface area contributed by atoms with Gasteiger partial charge in [0.05, 0.1) is 17.0 Å². The van der Waals surface area contributed by atoms with E-state index in [1.54, 1.807) is 0 Å². The van der Waals surface area contributed by atoms with Gasteiger partial charge in [0.15, 0.2) is 0 Å². The van der Waals surface area contributed by atoms with Crippen LogP contribution in [0, 0.1) is 0 Å². The van der Waals surface area contributed by atoms with Crippen molar-refractivity contribution in [3.8, 4) is 0 Å². The second-order valence-corrected chi connectivity index (χ2v) is 9.13. The summed E-state index contributed by atoms with van der Waals surface area (Å²) in [6.45, 7) is 0.0640. The van der Waals surface area contributed by atoms with Gasteiger partial charge in [-0.25, -0.2) is 8.42 Å². The van der Waals surface area contributed by atoms with Crippen molar-refractivity contribution >= 4 is 56.4 Å². The van der Waals surface area contributed by atoms with Gasteiger partial charge in [-0.1, -0.05) is 46.9 Å². The van der Waals surface area contributed by atoms with E-state index in [0.29, 0.717) is 23.0 Å². The van der Waals surface area contributed by atoms with Gasteiger partial charge >= 0.3 is 0 Å². The molecule has 0 saturated heterocycles. The molecule has 0 saturated carbocycles. The molecule has 1 N–H and O–H groups in total. The van der Waals surface area contributed by atoms with E-state index in [0.717, 1.165) is 22.5 Å². The van der Waals surface area contributed by atoms with Crippen LogP contribution in [0.1, 0.15) is 12.0 Å². The minimum absolute atomic E-state index is 0.156. The van der Waals surface area contributed by atoms with Gasteiger partial charge in [0, 0.05) is 16.6 Å². The fourth-order valence-electron chi connectivity index (χ4n) is 2.42. The molecule has 146 valence electrons. The number of halogens is 3. The van der Waals surface area contributed by atoms with E-state index in [1.807, 2.05) is 24.3 Å². The monoisotopic (exact) mass is 448 g/mol. The van der Waals surface area contributed by atoms with Crippen LogP contribution in [-0.4, -0.2) is 33.7 Å². The Kier molecular flexibility index (Phi) is 7.79. The maximum Gasteiger partial charge on any atom is 0.240 e. The van der Waals surface area contributed by atoms with Gasteiger partial charge in [-0.15, -0.1) is 0 Å². The largest absolute Gasteiger partial charge is 0.355 e. The van der Waals surface area contributed by atoms with E-state index >= 15 is 0 Å². The van der Waals surface area contributed by atoms with E-state index < -0.39 is 15.9 Å². The molecule has 0 atom stereocenters. The summed E-state index contributed by atoms with van der Waals surface area (Å²) in [5.41, 5.74) is 1.32. The quantitative estimate of drug-likeness (QED) is 0.615. The first-order valence-electron chi connectivity index (χ1n) is 8.11. The number of sulfonamides is 1. The number of rotatable bonds is 8. The Hall–Kier alpha value is -1.47. The van der Waals surface area contributed by atoms with E-state index in [1.165, 1.54) is 18.2 Å². The number of hydrogen-bond donors (Lipinski definition) is 1. The fourth-order valence-corrected chi connectivity index (χ4v) is 3.98. The smallest absolute Gasteiger partial charge is 0.240 e. The third-order valence-corrected chi connectivity index (χ3v) is 5.66. The Morgan fingerprint density at radius 2 is 1.67 bits per heavy atom. The van der Waals surface area contributed by atoms with Crippen molar-refractivity contribution in [2.75, 3.05) is 23.7 Å². The first kappa shape index (κ1) is 21.8. The lowest BCUT2D eigenvalue weighted by Crippen LogP contribution is -2.40. The molecule has 0 heterocycles. The number of benzene rings is 2. The molecule has 27 heavy (non-hydrogen) atoms. The van der Waals surface area contributed by atoms with Crippen molar-refractivity contribution in [2.45, 2.75) is 12.8 Å². The highest BCUT2D eigenvalue weighted by Gasteiger charge is 2.23. The van der Waals surface area contributed by atoms with Gasteiger partial charge in [-0.05, 0) is 48.7 Å². The molecular formula is C18H19Cl3N2O3S.